The highest BCUT2D eigenvalue weighted by molar-refractivity contribution is 7.90. The third-order valence-corrected chi connectivity index (χ3v) is 4.59. The molecule has 1 aromatic carbocycles. The molecule has 0 spiro atoms. The Morgan fingerprint density at radius 2 is 2.11 bits per heavy atom. The van der Waals surface area contributed by atoms with Gasteiger partial charge >= 0.3 is 0 Å². The largest absolute Gasteiger partial charge is 0.318 e. The van der Waals surface area contributed by atoms with E-state index in [0.29, 0.717) is 6.54 Å². The van der Waals surface area contributed by atoms with Gasteiger partial charge in [-0.05, 0) is 13.1 Å². The first-order valence-corrected chi connectivity index (χ1v) is 6.83. The average Bonchev–Trinajstić information content (AvgIpc) is 2.55. The van der Waals surface area contributed by atoms with Gasteiger partial charge in [0.15, 0.2) is 0 Å². The van der Waals surface area contributed by atoms with Crippen LogP contribution < -0.4 is 5.32 Å². The molecule has 0 atom stereocenters. The molecule has 1 aliphatic rings. The number of carbonyl (C=O) groups is 1. The summed E-state index contributed by atoms with van der Waals surface area (Å²) in [4.78, 5) is 21.6. The molecule has 102 valence electrons. The Morgan fingerprint density at radius 1 is 1.42 bits per heavy atom. The lowest BCUT2D eigenvalue weighted by Crippen LogP contribution is -2.35. The first-order chi connectivity index (χ1) is 8.89. The summed E-state index contributed by atoms with van der Waals surface area (Å²) in [5, 5.41) is 13.4. The van der Waals surface area contributed by atoms with Gasteiger partial charge in [0.2, 0.25) is 0 Å². The van der Waals surface area contributed by atoms with Crippen molar-refractivity contribution in [2.75, 3.05) is 20.1 Å². The predicted molar refractivity (Wildman–Crippen MR) is 65.2 cm³/mol. The van der Waals surface area contributed by atoms with Gasteiger partial charge in [0.05, 0.1) is 17.0 Å². The molecular weight excluding hydrogens is 274 g/mol. The van der Waals surface area contributed by atoms with Crippen LogP contribution in [0.25, 0.3) is 0 Å². The minimum absolute atomic E-state index is 0.0137. The number of hydrogen-bond donors (Lipinski definition) is 1. The van der Waals surface area contributed by atoms with Gasteiger partial charge in [0.1, 0.15) is 4.90 Å². The second-order valence-corrected chi connectivity index (χ2v) is 5.75. The van der Waals surface area contributed by atoms with Gasteiger partial charge in [0, 0.05) is 18.7 Å². The van der Waals surface area contributed by atoms with Crippen LogP contribution in [-0.4, -0.2) is 43.7 Å². The fourth-order valence-corrected chi connectivity index (χ4v) is 3.40. The fraction of sp³-hybridized carbons (Fsp3) is 0.300. The van der Waals surface area contributed by atoms with E-state index >= 15 is 0 Å². The van der Waals surface area contributed by atoms with Crippen LogP contribution in [0.1, 0.15) is 10.4 Å². The summed E-state index contributed by atoms with van der Waals surface area (Å²) in [5.41, 5.74) is -0.382. The lowest BCUT2D eigenvalue weighted by molar-refractivity contribution is -0.385. The van der Waals surface area contributed by atoms with Crippen molar-refractivity contribution in [2.24, 2.45) is 0 Å². The quantitative estimate of drug-likeness (QED) is 0.614. The molecule has 8 nitrogen and oxygen atoms in total. The lowest BCUT2D eigenvalue weighted by Gasteiger charge is -2.14. The van der Waals surface area contributed by atoms with Crippen molar-refractivity contribution in [3.05, 3.63) is 33.9 Å². The van der Waals surface area contributed by atoms with Crippen LogP contribution in [0, 0.1) is 10.1 Å². The first kappa shape index (κ1) is 13.4. The Balaban J connectivity index is 2.51. The third-order valence-electron chi connectivity index (χ3n) is 2.77. The van der Waals surface area contributed by atoms with E-state index in [2.05, 4.69) is 5.32 Å². The van der Waals surface area contributed by atoms with E-state index in [9.17, 15) is 23.3 Å². The third kappa shape index (κ3) is 2.06. The zero-order chi connectivity index (χ0) is 14.2. The molecule has 19 heavy (non-hydrogen) atoms. The molecule has 1 amide bonds. The number of fused-ring (bicyclic) bond motifs is 1. The van der Waals surface area contributed by atoms with Crippen LogP contribution in [0.15, 0.2) is 23.1 Å². The number of nitro groups is 1. The molecule has 9 heteroatoms. The smallest absolute Gasteiger partial charge is 0.270 e. The van der Waals surface area contributed by atoms with Gasteiger partial charge in [0.25, 0.3) is 21.6 Å². The number of amides is 1. The average molecular weight is 285 g/mol. The Labute approximate surface area is 109 Å². The summed E-state index contributed by atoms with van der Waals surface area (Å²) in [5.74, 6) is -0.653. The molecule has 2 rings (SSSR count). The predicted octanol–water partition coefficient (Wildman–Crippen LogP) is -0.0413. The topological polar surface area (TPSA) is 110 Å². The van der Waals surface area contributed by atoms with Crippen LogP contribution in [0.3, 0.4) is 0 Å². The molecule has 1 heterocycles. The van der Waals surface area contributed by atoms with Gasteiger partial charge < -0.3 is 5.32 Å². The highest BCUT2D eigenvalue weighted by Gasteiger charge is 2.41. The van der Waals surface area contributed by atoms with Crippen molar-refractivity contribution in [3.8, 4) is 0 Å². The summed E-state index contributed by atoms with van der Waals surface area (Å²) in [7, 11) is -2.35. The minimum Gasteiger partial charge on any atom is -0.318 e. The van der Waals surface area contributed by atoms with Gasteiger partial charge in [-0.2, -0.15) is 0 Å². The van der Waals surface area contributed by atoms with Crippen LogP contribution in [-0.2, 0) is 10.0 Å². The van der Waals surface area contributed by atoms with E-state index in [4.69, 9.17) is 0 Å². The molecule has 0 saturated heterocycles. The number of nitrogens with one attached hydrogen (secondary N) is 1. The number of nitrogens with zero attached hydrogens (tertiary/aromatic N) is 2. The maximum Gasteiger partial charge on any atom is 0.270 e. The molecule has 0 aliphatic carbocycles. The number of carbonyl (C=O) groups excluding carboxylic acids is 1. The van der Waals surface area contributed by atoms with Crippen molar-refractivity contribution in [2.45, 2.75) is 4.90 Å². The van der Waals surface area contributed by atoms with E-state index in [1.165, 1.54) is 6.07 Å². The number of nitro benzene ring substituents is 1. The van der Waals surface area contributed by atoms with Crippen molar-refractivity contribution in [1.29, 1.82) is 0 Å². The van der Waals surface area contributed by atoms with Gasteiger partial charge in [-0.15, -0.1) is 0 Å². The number of rotatable bonds is 4. The van der Waals surface area contributed by atoms with Crippen LogP contribution in [0.2, 0.25) is 0 Å². The summed E-state index contributed by atoms with van der Waals surface area (Å²) >= 11 is 0. The van der Waals surface area contributed by atoms with Crippen molar-refractivity contribution >= 4 is 21.6 Å². The van der Waals surface area contributed by atoms with E-state index in [1.807, 2.05) is 0 Å². The van der Waals surface area contributed by atoms with Crippen molar-refractivity contribution in [3.63, 3.8) is 0 Å². The number of sulfonamides is 1. The lowest BCUT2D eigenvalue weighted by atomic mass is 10.2. The Morgan fingerprint density at radius 3 is 2.68 bits per heavy atom. The Kier molecular flexibility index (Phi) is 3.25. The van der Waals surface area contributed by atoms with E-state index in [-0.39, 0.29) is 22.7 Å². The molecule has 1 N–H and O–H groups in total. The fourth-order valence-electron chi connectivity index (χ4n) is 1.81. The molecule has 1 aliphatic heterocycles. The van der Waals surface area contributed by atoms with Gasteiger partial charge in [-0.25, -0.2) is 12.7 Å². The highest BCUT2D eigenvalue weighted by Crippen LogP contribution is 2.32. The zero-order valence-corrected chi connectivity index (χ0v) is 10.8. The molecule has 0 bridgehead atoms. The van der Waals surface area contributed by atoms with Gasteiger partial charge in [-0.1, -0.05) is 0 Å². The number of likely N-dealkylation sites (N-methyl/N-ethyl adjacent to an activating group) is 1. The first-order valence-electron chi connectivity index (χ1n) is 5.39. The standard InChI is InChI=1S/C10H11N3O5S/c1-11-4-5-12-10(14)8-3-2-7(13(15)16)6-9(8)19(12,17)18/h2-3,6,11H,4-5H2,1H3. The molecule has 0 saturated carbocycles. The number of hydrogen-bond acceptors (Lipinski definition) is 6. The van der Waals surface area contributed by atoms with E-state index < -0.39 is 20.9 Å². The molecule has 0 fully saturated rings. The molecule has 0 radical (unpaired) electrons. The summed E-state index contributed by atoms with van der Waals surface area (Å²) in [6.07, 6.45) is 0. The number of benzene rings is 1. The number of non-ortho nitro benzene ring substituents is 1. The Bertz CT molecular complexity index is 655. The second-order valence-electron chi connectivity index (χ2n) is 3.92. The molecule has 0 aromatic heterocycles. The zero-order valence-electron chi connectivity index (χ0n) is 9.99. The van der Waals surface area contributed by atoms with Crippen LogP contribution >= 0.6 is 0 Å². The summed E-state index contributed by atoms with van der Waals surface area (Å²) in [6.45, 7) is 0.293. The molecule has 0 unspecified atom stereocenters. The maximum absolute atomic E-state index is 12.1. The minimum atomic E-state index is -3.98. The maximum atomic E-state index is 12.1. The monoisotopic (exact) mass is 285 g/mol. The summed E-state index contributed by atoms with van der Waals surface area (Å²) < 4.78 is 25.0. The van der Waals surface area contributed by atoms with Crippen molar-refractivity contribution < 1.29 is 18.1 Å². The molecule has 1 aromatic rings. The molecular formula is C10H11N3O5S. The second kappa shape index (κ2) is 4.59. The Hall–Kier alpha value is -2.00. The SMILES string of the molecule is CNCCN1C(=O)c2ccc([N+](=O)[O-])cc2S1(=O)=O. The van der Waals surface area contributed by atoms with Crippen LogP contribution in [0.4, 0.5) is 5.69 Å². The summed E-state index contributed by atoms with van der Waals surface area (Å²) in [6, 6.07) is 3.21. The van der Waals surface area contributed by atoms with Crippen molar-refractivity contribution in [1.82, 2.24) is 9.62 Å². The van der Waals surface area contributed by atoms with E-state index in [1.54, 1.807) is 7.05 Å². The van der Waals surface area contributed by atoms with E-state index in [0.717, 1.165) is 16.4 Å². The highest BCUT2D eigenvalue weighted by atomic mass is 32.2. The normalized spacial score (nSPS) is 16.5. The van der Waals surface area contributed by atoms with Gasteiger partial charge in [-0.3, -0.25) is 14.9 Å². The van der Waals surface area contributed by atoms with Crippen LogP contribution in [0.5, 0.6) is 0 Å².